The second kappa shape index (κ2) is 17.3. The quantitative estimate of drug-likeness (QED) is 0.152. The molecule has 0 unspecified atom stereocenters. The standard InChI is InChI=1S/C69H42N4O2/c1-4-15-43(16-5-1)45-27-29-47(30-28-45)68-70-67(46-19-8-3-9-20-46)71-69(72-68)52-32-35-56-55-34-31-50(41-63(55)75-64(56)42-52)48-21-14-22-51(39-48)53-36-38-62-65(57-24-11-13-26-61(57)74-62)66(53)73-59-25-12-10-23-54(59)58-40-49(33-37-60(58)73)44-17-6-2-7-18-44/h1-42H. The number of furan rings is 2. The summed E-state index contributed by atoms with van der Waals surface area (Å²) in [5.41, 5.74) is 18.3. The number of benzene rings is 11. The van der Waals surface area contributed by atoms with Gasteiger partial charge in [0.25, 0.3) is 0 Å². The van der Waals surface area contributed by atoms with Gasteiger partial charge in [-0.05, 0) is 106 Å². The van der Waals surface area contributed by atoms with E-state index in [1.165, 1.54) is 21.9 Å². The first-order valence-corrected chi connectivity index (χ1v) is 25.2. The maximum atomic E-state index is 6.76. The summed E-state index contributed by atoms with van der Waals surface area (Å²) in [6.07, 6.45) is 0. The Labute approximate surface area is 431 Å². The molecule has 0 amide bonds. The Kier molecular flexibility index (Phi) is 9.78. The first-order chi connectivity index (χ1) is 37.1. The molecule has 0 radical (unpaired) electrons. The maximum Gasteiger partial charge on any atom is 0.164 e. The number of nitrogens with zero attached hydrogens (tertiary/aromatic N) is 4. The van der Waals surface area contributed by atoms with Crippen LogP contribution in [0.5, 0.6) is 0 Å². The van der Waals surface area contributed by atoms with Crippen LogP contribution in [-0.4, -0.2) is 19.5 Å². The van der Waals surface area contributed by atoms with Gasteiger partial charge in [0, 0.05) is 49.2 Å². The van der Waals surface area contributed by atoms with E-state index >= 15 is 0 Å². The fourth-order valence-electron chi connectivity index (χ4n) is 11.0. The highest BCUT2D eigenvalue weighted by molar-refractivity contribution is 6.17. The topological polar surface area (TPSA) is 69.9 Å². The van der Waals surface area contributed by atoms with Crippen LogP contribution in [0.3, 0.4) is 0 Å². The van der Waals surface area contributed by atoms with Gasteiger partial charge in [0.1, 0.15) is 22.3 Å². The molecule has 0 aliphatic carbocycles. The van der Waals surface area contributed by atoms with Gasteiger partial charge in [-0.25, -0.2) is 15.0 Å². The molecule has 0 aliphatic rings. The Hall–Kier alpha value is -10.2. The van der Waals surface area contributed by atoms with Gasteiger partial charge in [-0.1, -0.05) is 188 Å². The summed E-state index contributed by atoms with van der Waals surface area (Å²) in [5.74, 6) is 1.79. The molecule has 11 aromatic carbocycles. The summed E-state index contributed by atoms with van der Waals surface area (Å²) in [4.78, 5) is 15.1. The summed E-state index contributed by atoms with van der Waals surface area (Å²) in [6.45, 7) is 0. The molecular weight excluding hydrogens is 917 g/mol. The van der Waals surface area contributed by atoms with E-state index in [4.69, 9.17) is 23.8 Å². The lowest BCUT2D eigenvalue weighted by atomic mass is 9.95. The van der Waals surface area contributed by atoms with Gasteiger partial charge in [0.15, 0.2) is 17.5 Å². The molecule has 6 nitrogen and oxygen atoms in total. The van der Waals surface area contributed by atoms with Crippen molar-refractivity contribution in [2.24, 2.45) is 0 Å². The zero-order chi connectivity index (χ0) is 49.4. The van der Waals surface area contributed by atoms with E-state index in [0.717, 1.165) is 111 Å². The molecule has 15 rings (SSSR count). The van der Waals surface area contributed by atoms with Crippen molar-refractivity contribution < 1.29 is 8.83 Å². The summed E-state index contributed by atoms with van der Waals surface area (Å²) < 4.78 is 15.8. The Morgan fingerprint density at radius 1 is 0.253 bits per heavy atom. The van der Waals surface area contributed by atoms with Crippen molar-refractivity contribution in [2.45, 2.75) is 0 Å². The summed E-state index contributed by atoms with van der Waals surface area (Å²) in [7, 11) is 0. The third kappa shape index (κ3) is 7.22. The lowest BCUT2D eigenvalue weighted by Crippen LogP contribution is -2.00. The Morgan fingerprint density at radius 2 is 0.720 bits per heavy atom. The molecule has 0 aliphatic heterocycles. The van der Waals surface area contributed by atoms with Crippen LogP contribution in [0.2, 0.25) is 0 Å². The Morgan fingerprint density at radius 3 is 1.45 bits per heavy atom. The zero-order valence-electron chi connectivity index (χ0n) is 40.4. The van der Waals surface area contributed by atoms with Crippen molar-refractivity contribution in [3.05, 3.63) is 255 Å². The Bertz CT molecular complexity index is 4690. The van der Waals surface area contributed by atoms with Gasteiger partial charge in [-0.2, -0.15) is 0 Å². The van der Waals surface area contributed by atoms with E-state index in [2.05, 4.69) is 217 Å². The lowest BCUT2D eigenvalue weighted by Gasteiger charge is -2.16. The van der Waals surface area contributed by atoms with Gasteiger partial charge >= 0.3 is 0 Å². The highest BCUT2D eigenvalue weighted by atomic mass is 16.3. The van der Waals surface area contributed by atoms with Crippen LogP contribution in [0, 0.1) is 0 Å². The van der Waals surface area contributed by atoms with Crippen LogP contribution in [0.1, 0.15) is 0 Å². The van der Waals surface area contributed by atoms with Crippen LogP contribution >= 0.6 is 0 Å². The van der Waals surface area contributed by atoms with E-state index in [9.17, 15) is 0 Å². The predicted molar refractivity (Wildman–Crippen MR) is 307 cm³/mol. The zero-order valence-corrected chi connectivity index (χ0v) is 40.4. The third-order valence-electron chi connectivity index (χ3n) is 14.7. The van der Waals surface area contributed by atoms with Crippen molar-refractivity contribution in [2.75, 3.05) is 0 Å². The molecular formula is C69H42N4O2. The number of rotatable bonds is 8. The molecule has 4 aromatic heterocycles. The van der Waals surface area contributed by atoms with Gasteiger partial charge in [-0.3, -0.25) is 0 Å². The van der Waals surface area contributed by atoms with Crippen LogP contribution in [0.25, 0.3) is 150 Å². The smallest absolute Gasteiger partial charge is 0.164 e. The minimum Gasteiger partial charge on any atom is -0.456 e. The molecule has 0 fully saturated rings. The van der Waals surface area contributed by atoms with Crippen LogP contribution < -0.4 is 0 Å². The van der Waals surface area contributed by atoms with E-state index in [0.29, 0.717) is 17.5 Å². The monoisotopic (exact) mass is 958 g/mol. The summed E-state index contributed by atoms with van der Waals surface area (Å²) >= 11 is 0. The molecule has 350 valence electrons. The molecule has 4 heterocycles. The molecule has 0 saturated carbocycles. The van der Waals surface area contributed by atoms with Gasteiger partial charge in [0.05, 0.1) is 22.1 Å². The summed E-state index contributed by atoms with van der Waals surface area (Å²) in [5, 5.41) is 6.61. The molecule has 0 N–H and O–H groups in total. The van der Waals surface area contributed by atoms with E-state index in [1.54, 1.807) is 0 Å². The SMILES string of the molecule is c1ccc(-c2ccc(-c3nc(-c4ccccc4)nc(-c4ccc5c(c4)oc4cc(-c6cccc(-c7ccc8oc9ccccc9c8c7-n7c8ccccc8c8cc(-c9ccccc9)ccc87)c6)ccc45)n3)cc2)cc1. The number of aromatic nitrogens is 4. The average molecular weight is 959 g/mol. The minimum atomic E-state index is 0.574. The van der Waals surface area contributed by atoms with E-state index in [1.807, 2.05) is 42.5 Å². The van der Waals surface area contributed by atoms with E-state index in [-0.39, 0.29) is 0 Å². The van der Waals surface area contributed by atoms with Crippen molar-refractivity contribution in [1.29, 1.82) is 0 Å². The third-order valence-corrected chi connectivity index (χ3v) is 14.7. The average Bonchev–Trinajstić information content (AvgIpc) is 4.19. The largest absolute Gasteiger partial charge is 0.456 e. The molecule has 0 spiro atoms. The summed E-state index contributed by atoms with van der Waals surface area (Å²) in [6, 6.07) is 89.4. The normalized spacial score (nSPS) is 11.7. The van der Waals surface area contributed by atoms with Gasteiger partial charge in [-0.15, -0.1) is 0 Å². The molecule has 75 heavy (non-hydrogen) atoms. The first kappa shape index (κ1) is 42.5. The fraction of sp³-hybridized carbons (Fsp3) is 0. The molecule has 0 saturated heterocycles. The number of hydrogen-bond donors (Lipinski definition) is 0. The molecule has 0 atom stereocenters. The van der Waals surface area contributed by atoms with Crippen LogP contribution in [0.4, 0.5) is 0 Å². The number of hydrogen-bond acceptors (Lipinski definition) is 5. The molecule has 15 aromatic rings. The van der Waals surface area contributed by atoms with E-state index < -0.39 is 0 Å². The van der Waals surface area contributed by atoms with Crippen LogP contribution in [0.15, 0.2) is 264 Å². The fourth-order valence-corrected chi connectivity index (χ4v) is 11.0. The van der Waals surface area contributed by atoms with Crippen molar-refractivity contribution in [3.8, 4) is 84.4 Å². The first-order valence-electron chi connectivity index (χ1n) is 25.2. The predicted octanol–water partition coefficient (Wildman–Crippen LogP) is 18.4. The number of para-hydroxylation sites is 2. The second-order valence-corrected chi connectivity index (χ2v) is 19.1. The highest BCUT2D eigenvalue weighted by Crippen LogP contribution is 2.45. The Balaban J connectivity index is 0.835. The maximum absolute atomic E-state index is 6.76. The van der Waals surface area contributed by atoms with Gasteiger partial charge < -0.3 is 13.4 Å². The van der Waals surface area contributed by atoms with Crippen molar-refractivity contribution in [3.63, 3.8) is 0 Å². The molecule has 6 heteroatoms. The van der Waals surface area contributed by atoms with Crippen molar-refractivity contribution in [1.82, 2.24) is 19.5 Å². The van der Waals surface area contributed by atoms with Crippen LogP contribution in [-0.2, 0) is 0 Å². The molecule has 0 bridgehead atoms. The lowest BCUT2D eigenvalue weighted by molar-refractivity contribution is 0.668. The van der Waals surface area contributed by atoms with Gasteiger partial charge in [0.2, 0.25) is 0 Å². The highest BCUT2D eigenvalue weighted by Gasteiger charge is 2.23. The van der Waals surface area contributed by atoms with Crippen molar-refractivity contribution >= 4 is 65.7 Å². The number of fused-ring (bicyclic) bond motifs is 9. The second-order valence-electron chi connectivity index (χ2n) is 19.1. The minimum absolute atomic E-state index is 0.574.